The first kappa shape index (κ1) is 25.0. The third-order valence-electron chi connectivity index (χ3n) is 4.39. The summed E-state index contributed by atoms with van der Waals surface area (Å²) < 4.78 is 28.3. The molecule has 0 saturated carbocycles. The van der Waals surface area contributed by atoms with Crippen molar-refractivity contribution in [2.75, 3.05) is 12.0 Å². The second-order valence-electron chi connectivity index (χ2n) is 7.07. The van der Waals surface area contributed by atoms with Gasteiger partial charge in [0.1, 0.15) is 22.5 Å². The molecular formula is C21H24Cl2N2O5S. The van der Waals surface area contributed by atoms with E-state index in [0.717, 1.165) is 11.8 Å². The Morgan fingerprint density at radius 1 is 1.06 bits per heavy atom. The highest BCUT2D eigenvalue weighted by molar-refractivity contribution is 7.90. The van der Waals surface area contributed by atoms with Gasteiger partial charge in [-0.15, -0.1) is 0 Å². The molecule has 0 spiro atoms. The molecule has 2 rings (SSSR count). The Bertz CT molecular complexity index is 1020. The molecular weight excluding hydrogens is 463 g/mol. The molecule has 2 unspecified atom stereocenters. The van der Waals surface area contributed by atoms with Gasteiger partial charge < -0.3 is 15.4 Å². The monoisotopic (exact) mass is 486 g/mol. The quantitative estimate of drug-likeness (QED) is 0.559. The Morgan fingerprint density at radius 3 is 2.35 bits per heavy atom. The molecule has 2 aromatic carbocycles. The van der Waals surface area contributed by atoms with Crippen molar-refractivity contribution in [2.45, 2.75) is 32.0 Å². The zero-order valence-corrected chi connectivity index (χ0v) is 19.4. The van der Waals surface area contributed by atoms with Crippen molar-refractivity contribution in [3.8, 4) is 0 Å². The summed E-state index contributed by atoms with van der Waals surface area (Å²) in [5.41, 5.74) is 1.41. The smallest absolute Gasteiger partial charge is 0.408 e. The van der Waals surface area contributed by atoms with E-state index in [1.807, 2.05) is 18.2 Å². The average Bonchev–Trinajstić information content (AvgIpc) is 2.69. The van der Waals surface area contributed by atoms with Crippen LogP contribution in [-0.2, 0) is 26.0 Å². The Morgan fingerprint density at radius 2 is 1.74 bits per heavy atom. The van der Waals surface area contributed by atoms with E-state index in [9.17, 15) is 18.0 Å². The van der Waals surface area contributed by atoms with Gasteiger partial charge in [-0.3, -0.25) is 4.79 Å². The molecule has 2 N–H and O–H groups in total. The fourth-order valence-electron chi connectivity index (χ4n) is 2.75. The predicted molar refractivity (Wildman–Crippen MR) is 121 cm³/mol. The molecule has 0 radical (unpaired) electrons. The van der Waals surface area contributed by atoms with Crippen molar-refractivity contribution >= 4 is 45.0 Å². The zero-order chi connectivity index (χ0) is 23.0. The number of benzene rings is 2. The summed E-state index contributed by atoms with van der Waals surface area (Å²) in [6, 6.07) is 12.3. The SMILES string of the molecule is CC(NC(=O)C(CCS(C)(=O)=O)NC(=O)OCc1ccccc1)c1ccc(Cl)cc1Cl. The summed E-state index contributed by atoms with van der Waals surface area (Å²) in [7, 11) is -3.34. The van der Waals surface area contributed by atoms with E-state index in [4.69, 9.17) is 27.9 Å². The summed E-state index contributed by atoms with van der Waals surface area (Å²) in [4.78, 5) is 25.0. The van der Waals surface area contributed by atoms with Crippen LogP contribution in [0.1, 0.15) is 30.5 Å². The molecule has 0 heterocycles. The lowest BCUT2D eigenvalue weighted by Gasteiger charge is -2.22. The van der Waals surface area contributed by atoms with Gasteiger partial charge in [0.15, 0.2) is 0 Å². The van der Waals surface area contributed by atoms with Crippen LogP contribution in [0.4, 0.5) is 4.79 Å². The Hall–Kier alpha value is -2.29. The van der Waals surface area contributed by atoms with Crippen LogP contribution in [0.15, 0.2) is 48.5 Å². The van der Waals surface area contributed by atoms with Gasteiger partial charge in [0.25, 0.3) is 0 Å². The van der Waals surface area contributed by atoms with Crippen molar-refractivity contribution < 1.29 is 22.7 Å². The molecule has 0 fully saturated rings. The van der Waals surface area contributed by atoms with Crippen LogP contribution >= 0.6 is 23.2 Å². The Kier molecular flexibility index (Phi) is 9.15. The zero-order valence-electron chi connectivity index (χ0n) is 17.1. The fraction of sp³-hybridized carbons (Fsp3) is 0.333. The molecule has 0 saturated heterocycles. The van der Waals surface area contributed by atoms with Gasteiger partial charge in [0.05, 0.1) is 11.8 Å². The predicted octanol–water partition coefficient (Wildman–Crippen LogP) is 3.90. The van der Waals surface area contributed by atoms with Gasteiger partial charge in [0.2, 0.25) is 5.91 Å². The van der Waals surface area contributed by atoms with Crippen molar-refractivity contribution in [1.82, 2.24) is 10.6 Å². The number of amides is 2. The summed E-state index contributed by atoms with van der Waals surface area (Å²) in [6.07, 6.45) is 0.132. The number of hydrogen-bond acceptors (Lipinski definition) is 5. The summed E-state index contributed by atoms with van der Waals surface area (Å²) in [5, 5.41) is 6.03. The summed E-state index contributed by atoms with van der Waals surface area (Å²) >= 11 is 12.1. The van der Waals surface area contributed by atoms with Crippen LogP contribution in [0.3, 0.4) is 0 Å². The number of alkyl carbamates (subject to hydrolysis) is 1. The van der Waals surface area contributed by atoms with E-state index in [0.29, 0.717) is 15.6 Å². The number of sulfone groups is 1. The number of hydrogen-bond donors (Lipinski definition) is 2. The number of rotatable bonds is 9. The standard InChI is InChI=1S/C21H24Cl2N2O5S/c1-14(17-9-8-16(22)12-18(17)23)24-20(26)19(10-11-31(2,28)29)25-21(27)30-13-15-6-4-3-5-7-15/h3-9,12,14,19H,10-11,13H2,1-2H3,(H,24,26)(H,25,27). The highest BCUT2D eigenvalue weighted by Crippen LogP contribution is 2.26. The van der Waals surface area contributed by atoms with Crippen molar-refractivity contribution in [2.24, 2.45) is 0 Å². The minimum absolute atomic E-state index is 0.0177. The molecule has 0 bridgehead atoms. The lowest BCUT2D eigenvalue weighted by molar-refractivity contribution is -0.123. The Labute approximate surface area is 192 Å². The summed E-state index contributed by atoms with van der Waals surface area (Å²) in [5.74, 6) is -0.834. The van der Waals surface area contributed by atoms with Crippen LogP contribution in [0.25, 0.3) is 0 Å². The lowest BCUT2D eigenvalue weighted by Crippen LogP contribution is -2.48. The third-order valence-corrected chi connectivity index (χ3v) is 5.93. The molecule has 168 valence electrons. The topological polar surface area (TPSA) is 102 Å². The number of ether oxygens (including phenoxy) is 1. The van der Waals surface area contributed by atoms with Crippen LogP contribution in [0.5, 0.6) is 0 Å². The highest BCUT2D eigenvalue weighted by Gasteiger charge is 2.25. The van der Waals surface area contributed by atoms with Crippen molar-refractivity contribution in [3.63, 3.8) is 0 Å². The van der Waals surface area contributed by atoms with Crippen LogP contribution in [0, 0.1) is 0 Å². The normalized spacial score (nSPS) is 13.2. The molecule has 2 atom stereocenters. The minimum Gasteiger partial charge on any atom is -0.445 e. The third kappa shape index (κ3) is 8.77. The largest absolute Gasteiger partial charge is 0.445 e. The average molecular weight is 487 g/mol. The van der Waals surface area contributed by atoms with Crippen LogP contribution in [-0.4, -0.2) is 38.5 Å². The van der Waals surface area contributed by atoms with E-state index < -0.39 is 33.9 Å². The Balaban J connectivity index is 2.04. The minimum atomic E-state index is -3.34. The molecule has 2 aromatic rings. The van der Waals surface area contributed by atoms with Gasteiger partial charge in [-0.25, -0.2) is 13.2 Å². The number of carbonyl (C=O) groups is 2. The van der Waals surface area contributed by atoms with Crippen LogP contribution in [0.2, 0.25) is 10.0 Å². The van der Waals surface area contributed by atoms with E-state index in [-0.39, 0.29) is 18.8 Å². The molecule has 0 aliphatic rings. The van der Waals surface area contributed by atoms with Gasteiger partial charge in [-0.2, -0.15) is 0 Å². The molecule has 7 nitrogen and oxygen atoms in total. The number of halogens is 2. The second-order valence-corrected chi connectivity index (χ2v) is 10.2. The molecule has 10 heteroatoms. The maximum atomic E-state index is 12.8. The first-order valence-corrected chi connectivity index (χ1v) is 12.3. The maximum Gasteiger partial charge on any atom is 0.408 e. The van der Waals surface area contributed by atoms with E-state index in [2.05, 4.69) is 10.6 Å². The molecule has 31 heavy (non-hydrogen) atoms. The van der Waals surface area contributed by atoms with E-state index >= 15 is 0 Å². The molecule has 0 aromatic heterocycles. The second kappa shape index (κ2) is 11.4. The van der Waals surface area contributed by atoms with Crippen LogP contribution < -0.4 is 10.6 Å². The molecule has 2 amide bonds. The van der Waals surface area contributed by atoms with Gasteiger partial charge in [-0.1, -0.05) is 59.6 Å². The molecule has 0 aliphatic carbocycles. The van der Waals surface area contributed by atoms with Crippen molar-refractivity contribution in [3.05, 3.63) is 69.7 Å². The van der Waals surface area contributed by atoms with Gasteiger partial charge >= 0.3 is 6.09 Å². The van der Waals surface area contributed by atoms with E-state index in [1.54, 1.807) is 37.3 Å². The first-order chi connectivity index (χ1) is 14.5. The maximum absolute atomic E-state index is 12.8. The number of nitrogens with one attached hydrogen (secondary N) is 2. The van der Waals surface area contributed by atoms with Crippen molar-refractivity contribution in [1.29, 1.82) is 0 Å². The molecule has 0 aliphatic heterocycles. The van der Waals surface area contributed by atoms with E-state index in [1.165, 1.54) is 0 Å². The lowest BCUT2D eigenvalue weighted by atomic mass is 10.1. The van der Waals surface area contributed by atoms with Gasteiger partial charge in [0, 0.05) is 16.3 Å². The number of carbonyl (C=O) groups excluding carboxylic acids is 2. The van der Waals surface area contributed by atoms with Gasteiger partial charge in [-0.05, 0) is 36.6 Å². The summed E-state index contributed by atoms with van der Waals surface area (Å²) in [6.45, 7) is 1.73. The first-order valence-electron chi connectivity index (χ1n) is 9.45. The fourth-order valence-corrected chi connectivity index (χ4v) is 3.99. The highest BCUT2D eigenvalue weighted by atomic mass is 35.5.